The van der Waals surface area contributed by atoms with Gasteiger partial charge in [0.2, 0.25) is 5.95 Å². The monoisotopic (exact) mass is 343 g/mol. The van der Waals surface area contributed by atoms with Crippen molar-refractivity contribution in [2.24, 2.45) is 0 Å². The Morgan fingerprint density at radius 1 is 1.04 bits per heavy atom. The molecule has 0 N–H and O–H groups in total. The molecule has 128 valence electrons. The lowest BCUT2D eigenvalue weighted by Crippen LogP contribution is -2.03. The van der Waals surface area contributed by atoms with E-state index in [4.69, 9.17) is 9.51 Å². The van der Waals surface area contributed by atoms with Crippen molar-refractivity contribution in [1.29, 1.82) is 0 Å². The summed E-state index contributed by atoms with van der Waals surface area (Å²) in [6, 6.07) is 11.8. The average molecular weight is 343 g/mol. The van der Waals surface area contributed by atoms with Crippen molar-refractivity contribution in [2.45, 2.75) is 25.7 Å². The quantitative estimate of drug-likeness (QED) is 0.556. The van der Waals surface area contributed by atoms with Gasteiger partial charge in [0.1, 0.15) is 17.3 Å². The SMILES string of the molecule is Cc1onc(-c2ccccc2)c1-c1cn(-c2ncccn2)c(C2CC2)n1. The third kappa shape index (κ3) is 2.50. The van der Waals surface area contributed by atoms with Gasteiger partial charge in [-0.25, -0.2) is 15.0 Å². The van der Waals surface area contributed by atoms with Crippen LogP contribution in [0.3, 0.4) is 0 Å². The summed E-state index contributed by atoms with van der Waals surface area (Å²) in [6.45, 7) is 1.92. The zero-order chi connectivity index (χ0) is 17.5. The Hall–Kier alpha value is -3.28. The molecule has 6 heteroatoms. The number of nitrogens with zero attached hydrogens (tertiary/aromatic N) is 5. The van der Waals surface area contributed by atoms with Gasteiger partial charge in [-0.3, -0.25) is 4.57 Å². The van der Waals surface area contributed by atoms with Crippen LogP contribution in [0.5, 0.6) is 0 Å². The fourth-order valence-electron chi connectivity index (χ4n) is 3.19. The number of rotatable bonds is 4. The van der Waals surface area contributed by atoms with E-state index >= 15 is 0 Å². The Kier molecular flexibility index (Phi) is 3.41. The molecule has 0 spiro atoms. The van der Waals surface area contributed by atoms with Gasteiger partial charge in [-0.1, -0.05) is 35.5 Å². The average Bonchev–Trinajstić information content (AvgIpc) is 3.33. The molecule has 1 aliphatic rings. The number of hydrogen-bond donors (Lipinski definition) is 0. The fourth-order valence-corrected chi connectivity index (χ4v) is 3.19. The molecule has 1 saturated carbocycles. The summed E-state index contributed by atoms with van der Waals surface area (Å²) in [4.78, 5) is 13.7. The Morgan fingerprint density at radius 2 is 1.81 bits per heavy atom. The van der Waals surface area contributed by atoms with Crippen molar-refractivity contribution in [3.8, 4) is 28.5 Å². The van der Waals surface area contributed by atoms with Gasteiger partial charge in [0.15, 0.2) is 0 Å². The second-order valence-corrected chi connectivity index (χ2v) is 6.51. The van der Waals surface area contributed by atoms with Crippen LogP contribution in [-0.4, -0.2) is 24.7 Å². The molecular weight excluding hydrogens is 326 g/mol. The van der Waals surface area contributed by atoms with Crippen molar-refractivity contribution in [3.05, 3.63) is 66.6 Å². The summed E-state index contributed by atoms with van der Waals surface area (Å²) in [5.41, 5.74) is 3.59. The summed E-state index contributed by atoms with van der Waals surface area (Å²) < 4.78 is 7.50. The van der Waals surface area contributed by atoms with E-state index in [1.165, 1.54) is 0 Å². The van der Waals surface area contributed by atoms with Crippen LogP contribution in [0.1, 0.15) is 30.3 Å². The lowest BCUT2D eigenvalue weighted by Gasteiger charge is -2.03. The topological polar surface area (TPSA) is 69.6 Å². The first kappa shape index (κ1) is 15.0. The summed E-state index contributed by atoms with van der Waals surface area (Å²) >= 11 is 0. The van der Waals surface area contributed by atoms with Gasteiger partial charge in [-0.15, -0.1) is 0 Å². The van der Waals surface area contributed by atoms with Crippen molar-refractivity contribution < 1.29 is 4.52 Å². The highest BCUT2D eigenvalue weighted by atomic mass is 16.5. The maximum absolute atomic E-state index is 5.50. The maximum Gasteiger partial charge on any atom is 0.235 e. The molecule has 1 aliphatic carbocycles. The van der Waals surface area contributed by atoms with Crippen LogP contribution >= 0.6 is 0 Å². The van der Waals surface area contributed by atoms with Crippen LogP contribution in [0.25, 0.3) is 28.5 Å². The predicted molar refractivity (Wildman–Crippen MR) is 96.8 cm³/mol. The van der Waals surface area contributed by atoms with Crippen molar-refractivity contribution in [1.82, 2.24) is 24.7 Å². The predicted octanol–water partition coefficient (Wildman–Crippen LogP) is 4.17. The Balaban J connectivity index is 1.68. The van der Waals surface area contributed by atoms with Crippen LogP contribution < -0.4 is 0 Å². The molecule has 0 amide bonds. The third-order valence-electron chi connectivity index (χ3n) is 4.61. The molecule has 26 heavy (non-hydrogen) atoms. The molecule has 1 fully saturated rings. The van der Waals surface area contributed by atoms with Crippen LogP contribution in [0, 0.1) is 6.92 Å². The lowest BCUT2D eigenvalue weighted by molar-refractivity contribution is 0.400. The molecule has 0 bridgehead atoms. The van der Waals surface area contributed by atoms with E-state index in [0.29, 0.717) is 11.9 Å². The minimum absolute atomic E-state index is 0.466. The largest absolute Gasteiger partial charge is 0.360 e. The normalized spacial score (nSPS) is 13.9. The first-order valence-corrected chi connectivity index (χ1v) is 8.70. The van der Waals surface area contributed by atoms with E-state index in [9.17, 15) is 0 Å². The lowest BCUT2D eigenvalue weighted by atomic mass is 10.0. The first-order valence-electron chi connectivity index (χ1n) is 8.70. The van der Waals surface area contributed by atoms with Crippen LogP contribution in [0.4, 0.5) is 0 Å². The van der Waals surface area contributed by atoms with Crippen LogP contribution in [0.15, 0.2) is 59.5 Å². The van der Waals surface area contributed by atoms with Crippen molar-refractivity contribution in [2.75, 3.05) is 0 Å². The molecule has 0 aliphatic heterocycles. The molecule has 4 aromatic rings. The highest BCUT2D eigenvalue weighted by Crippen LogP contribution is 2.42. The van der Waals surface area contributed by atoms with Crippen LogP contribution in [0.2, 0.25) is 0 Å². The molecule has 0 unspecified atom stereocenters. The van der Waals surface area contributed by atoms with Crippen LogP contribution in [-0.2, 0) is 0 Å². The van der Waals surface area contributed by atoms with E-state index in [-0.39, 0.29) is 0 Å². The molecule has 0 atom stereocenters. The van der Waals surface area contributed by atoms with Gasteiger partial charge >= 0.3 is 0 Å². The molecule has 3 aromatic heterocycles. The summed E-state index contributed by atoms with van der Waals surface area (Å²) in [5, 5.41) is 4.28. The Morgan fingerprint density at radius 3 is 2.54 bits per heavy atom. The Bertz CT molecular complexity index is 1050. The molecule has 3 heterocycles. The molecule has 0 radical (unpaired) electrons. The number of benzene rings is 1. The minimum atomic E-state index is 0.466. The van der Waals surface area contributed by atoms with Gasteiger partial charge in [0.05, 0.1) is 11.3 Å². The number of imidazole rings is 1. The smallest absolute Gasteiger partial charge is 0.235 e. The standard InChI is InChI=1S/C20H17N5O/c1-13-17(18(24-26-13)14-6-3-2-4-7-14)16-12-25(19(23-16)15-8-9-15)20-21-10-5-11-22-20/h2-7,10-12,15H,8-9H2,1H3. The van der Waals surface area contributed by atoms with Crippen molar-refractivity contribution in [3.63, 3.8) is 0 Å². The van der Waals surface area contributed by atoms with E-state index in [2.05, 4.69) is 15.1 Å². The van der Waals surface area contributed by atoms with E-state index in [1.807, 2.05) is 54.1 Å². The van der Waals surface area contributed by atoms with E-state index in [0.717, 1.165) is 46.9 Å². The summed E-state index contributed by atoms with van der Waals surface area (Å²) in [7, 11) is 0. The van der Waals surface area contributed by atoms with E-state index in [1.54, 1.807) is 12.4 Å². The summed E-state index contributed by atoms with van der Waals surface area (Å²) in [5.74, 6) is 2.87. The zero-order valence-corrected chi connectivity index (χ0v) is 14.3. The highest BCUT2D eigenvalue weighted by Gasteiger charge is 2.31. The van der Waals surface area contributed by atoms with Gasteiger partial charge in [-0.05, 0) is 25.8 Å². The van der Waals surface area contributed by atoms with Gasteiger partial charge in [-0.2, -0.15) is 0 Å². The third-order valence-corrected chi connectivity index (χ3v) is 4.61. The fraction of sp³-hybridized carbons (Fsp3) is 0.200. The molecular formula is C20H17N5O. The second-order valence-electron chi connectivity index (χ2n) is 6.51. The van der Waals surface area contributed by atoms with Crippen molar-refractivity contribution >= 4 is 0 Å². The molecule has 1 aromatic carbocycles. The highest BCUT2D eigenvalue weighted by molar-refractivity contribution is 5.80. The molecule has 5 rings (SSSR count). The van der Waals surface area contributed by atoms with Gasteiger partial charge in [0.25, 0.3) is 0 Å². The second kappa shape index (κ2) is 5.91. The number of aromatic nitrogens is 5. The molecule has 0 saturated heterocycles. The summed E-state index contributed by atoms with van der Waals surface area (Å²) in [6.07, 6.45) is 7.79. The van der Waals surface area contributed by atoms with Gasteiger partial charge < -0.3 is 4.52 Å². The number of aryl methyl sites for hydroxylation is 1. The van der Waals surface area contributed by atoms with E-state index < -0.39 is 0 Å². The maximum atomic E-state index is 5.50. The minimum Gasteiger partial charge on any atom is -0.360 e. The zero-order valence-electron chi connectivity index (χ0n) is 14.3. The molecule has 6 nitrogen and oxygen atoms in total. The first-order chi connectivity index (χ1) is 12.8. The Labute approximate surface area is 150 Å². The number of hydrogen-bond acceptors (Lipinski definition) is 5. The van der Waals surface area contributed by atoms with Gasteiger partial charge in [0, 0.05) is 30.1 Å².